The van der Waals surface area contributed by atoms with Gasteiger partial charge in [-0.3, -0.25) is 9.88 Å². The van der Waals surface area contributed by atoms with Crippen LogP contribution in [0.3, 0.4) is 0 Å². The summed E-state index contributed by atoms with van der Waals surface area (Å²) in [6.45, 7) is 5.15. The van der Waals surface area contributed by atoms with Gasteiger partial charge in [-0.1, -0.05) is 19.1 Å². The Balaban J connectivity index is 1.88. The molecule has 1 aromatic heterocycles. The average molecular weight is 269 g/mol. The molecule has 3 nitrogen and oxygen atoms in total. The smallest absolute Gasteiger partial charge is 0.0702 e. The van der Waals surface area contributed by atoms with Crippen LogP contribution in [-0.2, 0) is 0 Å². The summed E-state index contributed by atoms with van der Waals surface area (Å²) in [5, 5.41) is 1.20. The zero-order chi connectivity index (χ0) is 13.9. The molecule has 1 aliphatic rings. The van der Waals surface area contributed by atoms with Crippen LogP contribution < -0.4 is 5.73 Å². The first-order valence-electron chi connectivity index (χ1n) is 7.60. The fourth-order valence-electron chi connectivity index (χ4n) is 2.91. The van der Waals surface area contributed by atoms with E-state index in [1.807, 2.05) is 12.3 Å². The number of aromatic nitrogens is 1. The third kappa shape index (κ3) is 2.84. The minimum atomic E-state index is 0.324. The van der Waals surface area contributed by atoms with Gasteiger partial charge in [0.05, 0.1) is 5.52 Å². The maximum atomic E-state index is 6.06. The van der Waals surface area contributed by atoms with Crippen molar-refractivity contribution in [3.8, 4) is 0 Å². The molecule has 1 heterocycles. The van der Waals surface area contributed by atoms with E-state index in [2.05, 4.69) is 41.1 Å². The van der Waals surface area contributed by atoms with Gasteiger partial charge in [-0.2, -0.15) is 0 Å². The molecule has 1 unspecified atom stereocenters. The number of rotatable bonds is 6. The van der Waals surface area contributed by atoms with E-state index in [0.717, 1.165) is 18.0 Å². The number of nitrogens with two attached hydrogens (primary N) is 1. The van der Waals surface area contributed by atoms with Gasteiger partial charge in [-0.05, 0) is 49.1 Å². The number of nitrogens with zero attached hydrogens (tertiary/aromatic N) is 2. The third-order valence-electron chi connectivity index (χ3n) is 4.27. The van der Waals surface area contributed by atoms with E-state index in [0.29, 0.717) is 12.6 Å². The number of fused-ring (bicyclic) bond motifs is 1. The highest BCUT2D eigenvalue weighted by Gasteiger charge is 2.27. The van der Waals surface area contributed by atoms with E-state index in [1.54, 1.807) is 0 Å². The van der Waals surface area contributed by atoms with E-state index in [1.165, 1.54) is 30.3 Å². The van der Waals surface area contributed by atoms with Gasteiger partial charge in [0, 0.05) is 30.7 Å². The normalized spacial score (nSPS) is 16.8. The Morgan fingerprint density at radius 2 is 2.20 bits per heavy atom. The van der Waals surface area contributed by atoms with E-state index in [4.69, 9.17) is 5.73 Å². The van der Waals surface area contributed by atoms with Crippen LogP contribution in [0.1, 0.15) is 31.4 Å². The summed E-state index contributed by atoms with van der Waals surface area (Å²) in [6.07, 6.45) is 4.61. The highest BCUT2D eigenvalue weighted by molar-refractivity contribution is 5.79. The number of pyridine rings is 1. The summed E-state index contributed by atoms with van der Waals surface area (Å²) in [6, 6.07) is 11.0. The first-order chi connectivity index (χ1) is 9.81. The second-order valence-corrected chi connectivity index (χ2v) is 5.74. The molecule has 3 rings (SSSR count). The van der Waals surface area contributed by atoms with Gasteiger partial charge in [-0.25, -0.2) is 0 Å². The predicted molar refractivity (Wildman–Crippen MR) is 83.5 cm³/mol. The summed E-state index contributed by atoms with van der Waals surface area (Å²) in [7, 11) is 0. The molecule has 2 aromatic rings. The van der Waals surface area contributed by atoms with Crippen LogP contribution in [0.4, 0.5) is 0 Å². The van der Waals surface area contributed by atoms with Crippen molar-refractivity contribution in [2.75, 3.05) is 19.6 Å². The van der Waals surface area contributed by atoms with Gasteiger partial charge >= 0.3 is 0 Å². The van der Waals surface area contributed by atoms with Crippen LogP contribution in [0, 0.1) is 5.92 Å². The van der Waals surface area contributed by atoms with Crippen molar-refractivity contribution in [2.24, 2.45) is 11.7 Å². The van der Waals surface area contributed by atoms with Crippen molar-refractivity contribution in [3.63, 3.8) is 0 Å². The number of hydrogen-bond acceptors (Lipinski definition) is 3. The summed E-state index contributed by atoms with van der Waals surface area (Å²) >= 11 is 0. The molecular formula is C17H23N3. The minimum absolute atomic E-state index is 0.324. The van der Waals surface area contributed by atoms with Crippen LogP contribution in [0.2, 0.25) is 0 Å². The van der Waals surface area contributed by atoms with Gasteiger partial charge in [0.2, 0.25) is 0 Å². The topological polar surface area (TPSA) is 42.1 Å². The standard InChI is InChI=1S/C17H23N3/c1-2-20(12-13-5-6-13)17(11-18)15-7-8-16-14(10-15)4-3-9-19-16/h3-4,7-10,13,17H,2,5-6,11-12,18H2,1H3. The Kier molecular flexibility index (Phi) is 3.99. The fraction of sp³-hybridized carbons (Fsp3) is 0.471. The second kappa shape index (κ2) is 5.90. The van der Waals surface area contributed by atoms with E-state index < -0.39 is 0 Å². The molecule has 20 heavy (non-hydrogen) atoms. The lowest BCUT2D eigenvalue weighted by Crippen LogP contribution is -2.35. The molecule has 2 N–H and O–H groups in total. The van der Waals surface area contributed by atoms with Crippen molar-refractivity contribution in [1.29, 1.82) is 0 Å². The molecule has 0 aliphatic heterocycles. The summed E-state index contributed by atoms with van der Waals surface area (Å²) < 4.78 is 0. The molecule has 106 valence electrons. The molecule has 0 amide bonds. The maximum absolute atomic E-state index is 6.06. The van der Waals surface area contributed by atoms with Crippen LogP contribution in [0.25, 0.3) is 10.9 Å². The Morgan fingerprint density at radius 3 is 2.90 bits per heavy atom. The zero-order valence-electron chi connectivity index (χ0n) is 12.1. The molecule has 1 fully saturated rings. The molecule has 1 atom stereocenters. The van der Waals surface area contributed by atoms with Gasteiger partial charge in [0.25, 0.3) is 0 Å². The molecular weight excluding hydrogens is 246 g/mol. The molecule has 3 heteroatoms. The zero-order valence-corrected chi connectivity index (χ0v) is 12.1. The number of hydrogen-bond donors (Lipinski definition) is 1. The SMILES string of the molecule is CCN(CC1CC1)C(CN)c1ccc2ncccc2c1. The third-order valence-corrected chi connectivity index (χ3v) is 4.27. The first-order valence-corrected chi connectivity index (χ1v) is 7.60. The van der Waals surface area contributed by atoms with Crippen molar-refractivity contribution in [3.05, 3.63) is 42.1 Å². The molecule has 0 radical (unpaired) electrons. The van der Waals surface area contributed by atoms with Crippen LogP contribution in [-0.4, -0.2) is 29.5 Å². The number of likely N-dealkylation sites (N-methyl/N-ethyl adjacent to an activating group) is 1. The lowest BCUT2D eigenvalue weighted by molar-refractivity contribution is 0.203. The summed E-state index contributed by atoms with van der Waals surface area (Å²) in [5.41, 5.74) is 8.43. The van der Waals surface area contributed by atoms with E-state index >= 15 is 0 Å². The maximum Gasteiger partial charge on any atom is 0.0702 e. The van der Waals surface area contributed by atoms with Crippen molar-refractivity contribution >= 4 is 10.9 Å². The highest BCUT2D eigenvalue weighted by Crippen LogP contribution is 2.33. The predicted octanol–water partition coefficient (Wildman–Crippen LogP) is 2.97. The van der Waals surface area contributed by atoms with Gasteiger partial charge in [-0.15, -0.1) is 0 Å². The molecule has 0 bridgehead atoms. The average Bonchev–Trinajstić information content (AvgIpc) is 3.31. The van der Waals surface area contributed by atoms with Crippen molar-refractivity contribution in [2.45, 2.75) is 25.8 Å². The fourth-order valence-corrected chi connectivity index (χ4v) is 2.91. The monoisotopic (exact) mass is 269 g/mol. The quantitative estimate of drug-likeness (QED) is 0.876. The van der Waals surface area contributed by atoms with E-state index in [-0.39, 0.29) is 0 Å². The van der Waals surface area contributed by atoms with Crippen LogP contribution in [0.15, 0.2) is 36.5 Å². The lowest BCUT2D eigenvalue weighted by atomic mass is 10.0. The Morgan fingerprint density at radius 1 is 1.35 bits per heavy atom. The van der Waals surface area contributed by atoms with Gasteiger partial charge in [0.1, 0.15) is 0 Å². The lowest BCUT2D eigenvalue weighted by Gasteiger charge is -2.30. The number of benzene rings is 1. The molecule has 1 aliphatic carbocycles. The molecule has 1 saturated carbocycles. The highest BCUT2D eigenvalue weighted by atomic mass is 15.2. The van der Waals surface area contributed by atoms with Gasteiger partial charge in [0.15, 0.2) is 0 Å². The van der Waals surface area contributed by atoms with Gasteiger partial charge < -0.3 is 5.73 Å². The van der Waals surface area contributed by atoms with Crippen molar-refractivity contribution < 1.29 is 0 Å². The van der Waals surface area contributed by atoms with Crippen molar-refractivity contribution in [1.82, 2.24) is 9.88 Å². The summed E-state index contributed by atoms with van der Waals surface area (Å²) in [4.78, 5) is 6.91. The summed E-state index contributed by atoms with van der Waals surface area (Å²) in [5.74, 6) is 0.895. The molecule has 1 aromatic carbocycles. The largest absolute Gasteiger partial charge is 0.329 e. The van der Waals surface area contributed by atoms with Crippen LogP contribution in [0.5, 0.6) is 0 Å². The molecule has 0 spiro atoms. The molecule has 0 saturated heterocycles. The Labute approximate surface area is 120 Å². The Hall–Kier alpha value is -1.45. The van der Waals surface area contributed by atoms with E-state index in [9.17, 15) is 0 Å². The van der Waals surface area contributed by atoms with Crippen LogP contribution >= 0.6 is 0 Å². The second-order valence-electron chi connectivity index (χ2n) is 5.74. The Bertz CT molecular complexity index is 577. The first kappa shape index (κ1) is 13.5. The minimum Gasteiger partial charge on any atom is -0.329 e.